The van der Waals surface area contributed by atoms with Crippen molar-refractivity contribution < 1.29 is 9.90 Å². The Morgan fingerprint density at radius 3 is 2.00 bits per heavy atom. The molecule has 2 aromatic rings. The summed E-state index contributed by atoms with van der Waals surface area (Å²) in [7, 11) is 0. The lowest BCUT2D eigenvalue weighted by Crippen LogP contribution is -2.11. The fourth-order valence-electron chi connectivity index (χ4n) is 1.66. The molecule has 0 aliphatic carbocycles. The molecule has 3 heteroatoms. The van der Waals surface area contributed by atoms with Crippen molar-refractivity contribution in [3.63, 3.8) is 0 Å². The molecular weight excluding hydrogens is 214 g/mol. The smallest absolute Gasteiger partial charge is 0.248 e. The summed E-state index contributed by atoms with van der Waals surface area (Å²) in [4.78, 5) is 10.9. The standard InChI is InChI=1S/C14H13NO2/c15-14(17)12-8-6-11(7-9-12)13(16)10-4-2-1-3-5-10/h1-9,13,16H,(H2,15,17)/t13-/m1/s1. The van der Waals surface area contributed by atoms with Crippen LogP contribution < -0.4 is 5.73 Å². The molecule has 86 valence electrons. The van der Waals surface area contributed by atoms with E-state index in [1.165, 1.54) is 0 Å². The molecule has 0 aliphatic heterocycles. The van der Waals surface area contributed by atoms with E-state index in [4.69, 9.17) is 5.73 Å². The molecule has 0 spiro atoms. The maximum atomic E-state index is 10.9. The molecule has 0 aromatic heterocycles. The Morgan fingerprint density at radius 2 is 1.47 bits per heavy atom. The number of aliphatic hydroxyl groups is 1. The van der Waals surface area contributed by atoms with Gasteiger partial charge in [-0.1, -0.05) is 42.5 Å². The summed E-state index contributed by atoms with van der Waals surface area (Å²) in [5.41, 5.74) is 7.14. The van der Waals surface area contributed by atoms with Gasteiger partial charge in [-0.05, 0) is 23.3 Å². The summed E-state index contributed by atoms with van der Waals surface area (Å²) in [6, 6.07) is 16.0. The molecular formula is C14H13NO2. The first-order valence-corrected chi connectivity index (χ1v) is 5.31. The third kappa shape index (κ3) is 2.52. The number of carbonyl (C=O) groups is 1. The van der Waals surface area contributed by atoms with Crippen molar-refractivity contribution in [2.24, 2.45) is 5.73 Å². The van der Waals surface area contributed by atoms with Crippen LogP contribution in [0.3, 0.4) is 0 Å². The third-order valence-electron chi connectivity index (χ3n) is 2.63. The maximum absolute atomic E-state index is 10.9. The maximum Gasteiger partial charge on any atom is 0.248 e. The first-order valence-electron chi connectivity index (χ1n) is 5.31. The highest BCUT2D eigenvalue weighted by atomic mass is 16.3. The molecule has 0 bridgehead atoms. The average Bonchev–Trinajstić information content (AvgIpc) is 2.39. The van der Waals surface area contributed by atoms with Gasteiger partial charge in [0.25, 0.3) is 0 Å². The zero-order chi connectivity index (χ0) is 12.3. The highest BCUT2D eigenvalue weighted by molar-refractivity contribution is 5.92. The van der Waals surface area contributed by atoms with Gasteiger partial charge in [-0.2, -0.15) is 0 Å². The number of primary amides is 1. The van der Waals surface area contributed by atoms with E-state index in [9.17, 15) is 9.90 Å². The van der Waals surface area contributed by atoms with Crippen molar-refractivity contribution in [1.82, 2.24) is 0 Å². The van der Waals surface area contributed by atoms with Gasteiger partial charge in [0.1, 0.15) is 6.10 Å². The van der Waals surface area contributed by atoms with Crippen LogP contribution in [0, 0.1) is 0 Å². The van der Waals surface area contributed by atoms with Crippen LogP contribution in [0.15, 0.2) is 54.6 Å². The highest BCUT2D eigenvalue weighted by Gasteiger charge is 2.10. The van der Waals surface area contributed by atoms with Crippen LogP contribution in [0.25, 0.3) is 0 Å². The van der Waals surface area contributed by atoms with E-state index >= 15 is 0 Å². The predicted molar refractivity (Wildman–Crippen MR) is 65.5 cm³/mol. The summed E-state index contributed by atoms with van der Waals surface area (Å²) in [6.07, 6.45) is -0.682. The van der Waals surface area contributed by atoms with Crippen LogP contribution in [-0.4, -0.2) is 11.0 Å². The molecule has 1 amide bonds. The SMILES string of the molecule is NC(=O)c1ccc([C@H](O)c2ccccc2)cc1. The number of nitrogens with two attached hydrogens (primary N) is 1. The number of rotatable bonds is 3. The van der Waals surface area contributed by atoms with Gasteiger partial charge in [-0.15, -0.1) is 0 Å². The van der Waals surface area contributed by atoms with Gasteiger partial charge in [0.05, 0.1) is 0 Å². The van der Waals surface area contributed by atoms with Crippen molar-refractivity contribution >= 4 is 5.91 Å². The number of carbonyl (C=O) groups excluding carboxylic acids is 1. The third-order valence-corrected chi connectivity index (χ3v) is 2.63. The van der Waals surface area contributed by atoms with Gasteiger partial charge in [0.2, 0.25) is 5.91 Å². The lowest BCUT2D eigenvalue weighted by Gasteiger charge is -2.11. The number of aliphatic hydroxyl groups excluding tert-OH is 1. The van der Waals surface area contributed by atoms with Crippen LogP contribution in [0.4, 0.5) is 0 Å². The quantitative estimate of drug-likeness (QED) is 0.840. The Hall–Kier alpha value is -2.13. The molecule has 0 aliphatic rings. The first-order chi connectivity index (χ1) is 8.18. The van der Waals surface area contributed by atoms with E-state index in [-0.39, 0.29) is 0 Å². The normalized spacial score (nSPS) is 12.1. The second kappa shape index (κ2) is 4.80. The Labute approximate surface area is 99.5 Å². The lowest BCUT2D eigenvalue weighted by molar-refractivity contribution is 0.1000. The first kappa shape index (κ1) is 11.4. The molecule has 2 aromatic carbocycles. The molecule has 0 unspecified atom stereocenters. The zero-order valence-electron chi connectivity index (χ0n) is 9.21. The number of hydrogen-bond donors (Lipinski definition) is 2. The van der Waals surface area contributed by atoms with Crippen molar-refractivity contribution in [3.05, 3.63) is 71.3 Å². The fraction of sp³-hybridized carbons (Fsp3) is 0.0714. The van der Waals surface area contributed by atoms with E-state index in [2.05, 4.69) is 0 Å². The summed E-state index contributed by atoms with van der Waals surface area (Å²) in [5, 5.41) is 10.1. The minimum Gasteiger partial charge on any atom is -0.384 e. The van der Waals surface area contributed by atoms with Crippen LogP contribution >= 0.6 is 0 Å². The molecule has 0 saturated heterocycles. The van der Waals surface area contributed by atoms with Gasteiger partial charge in [-0.3, -0.25) is 4.79 Å². The van der Waals surface area contributed by atoms with E-state index in [1.807, 2.05) is 30.3 Å². The number of amides is 1. The molecule has 2 rings (SSSR count). The molecule has 3 nitrogen and oxygen atoms in total. The summed E-state index contributed by atoms with van der Waals surface area (Å²) in [5.74, 6) is -0.467. The van der Waals surface area contributed by atoms with E-state index in [0.717, 1.165) is 11.1 Å². The Bertz CT molecular complexity index is 506. The average molecular weight is 227 g/mol. The van der Waals surface area contributed by atoms with Crippen LogP contribution in [0.5, 0.6) is 0 Å². The molecule has 3 N–H and O–H groups in total. The van der Waals surface area contributed by atoms with Gasteiger partial charge in [-0.25, -0.2) is 0 Å². The molecule has 0 radical (unpaired) electrons. The minimum atomic E-state index is -0.682. The lowest BCUT2D eigenvalue weighted by atomic mass is 10.0. The van der Waals surface area contributed by atoms with Gasteiger partial charge >= 0.3 is 0 Å². The predicted octanol–water partition coefficient (Wildman–Crippen LogP) is 1.87. The van der Waals surface area contributed by atoms with Crippen molar-refractivity contribution in [2.45, 2.75) is 6.10 Å². The monoisotopic (exact) mass is 227 g/mol. The Morgan fingerprint density at radius 1 is 0.941 bits per heavy atom. The van der Waals surface area contributed by atoms with Crippen molar-refractivity contribution in [1.29, 1.82) is 0 Å². The second-order valence-electron chi connectivity index (χ2n) is 3.80. The van der Waals surface area contributed by atoms with Crippen molar-refractivity contribution in [3.8, 4) is 0 Å². The molecule has 17 heavy (non-hydrogen) atoms. The number of benzene rings is 2. The molecule has 0 fully saturated rings. The topological polar surface area (TPSA) is 63.3 Å². The highest BCUT2D eigenvalue weighted by Crippen LogP contribution is 2.21. The van der Waals surface area contributed by atoms with Gasteiger partial charge in [0.15, 0.2) is 0 Å². The van der Waals surface area contributed by atoms with Crippen LogP contribution in [0.1, 0.15) is 27.6 Å². The van der Waals surface area contributed by atoms with E-state index < -0.39 is 12.0 Å². The Kier molecular flexibility index (Phi) is 3.21. The van der Waals surface area contributed by atoms with E-state index in [0.29, 0.717) is 5.56 Å². The van der Waals surface area contributed by atoms with Gasteiger partial charge < -0.3 is 10.8 Å². The zero-order valence-corrected chi connectivity index (χ0v) is 9.21. The molecule has 1 atom stereocenters. The minimum absolute atomic E-state index is 0.439. The van der Waals surface area contributed by atoms with Crippen LogP contribution in [0.2, 0.25) is 0 Å². The largest absolute Gasteiger partial charge is 0.384 e. The number of hydrogen-bond acceptors (Lipinski definition) is 2. The Balaban J connectivity index is 2.26. The van der Waals surface area contributed by atoms with Crippen LogP contribution in [-0.2, 0) is 0 Å². The van der Waals surface area contributed by atoms with Gasteiger partial charge in [0, 0.05) is 5.56 Å². The second-order valence-corrected chi connectivity index (χ2v) is 3.80. The molecule has 0 saturated carbocycles. The summed E-state index contributed by atoms with van der Waals surface area (Å²) < 4.78 is 0. The van der Waals surface area contributed by atoms with E-state index in [1.54, 1.807) is 24.3 Å². The summed E-state index contributed by atoms with van der Waals surface area (Å²) >= 11 is 0. The fourth-order valence-corrected chi connectivity index (χ4v) is 1.66. The summed E-state index contributed by atoms with van der Waals surface area (Å²) in [6.45, 7) is 0. The van der Waals surface area contributed by atoms with Crippen molar-refractivity contribution in [2.75, 3.05) is 0 Å². The molecule has 0 heterocycles.